The average Bonchev–Trinajstić information content (AvgIpc) is 1.58. The van der Waals surface area contributed by atoms with Crippen molar-refractivity contribution in [3.8, 4) is 113 Å². The predicted molar refractivity (Wildman–Crippen MR) is 545 cm³/mol. The van der Waals surface area contributed by atoms with Crippen molar-refractivity contribution < 1.29 is 46.6 Å². The number of aromatic amines is 4. The highest BCUT2D eigenvalue weighted by Gasteiger charge is 2.31. The highest BCUT2D eigenvalue weighted by atomic mass is 16.5. The molecule has 32 nitrogen and oxygen atoms in total. The summed E-state index contributed by atoms with van der Waals surface area (Å²) in [6.07, 6.45) is 7.89. The molecule has 0 atom stereocenters. The van der Waals surface area contributed by atoms with E-state index in [4.69, 9.17) is 66.9 Å². The summed E-state index contributed by atoms with van der Waals surface area (Å²) in [5, 5.41) is 33.6. The molecule has 1 saturated heterocycles. The number of nitrogens with one attached hydrogen (secondary N) is 6. The van der Waals surface area contributed by atoms with Gasteiger partial charge in [0.2, 0.25) is 11.8 Å². The monoisotopic (exact) mass is 1870 g/mol. The molecule has 0 aliphatic carbocycles. The Morgan fingerprint density at radius 2 is 0.771 bits per heavy atom. The molecule has 23 rings (SSSR count). The number of fused-ring (bicyclic) bond motifs is 14. The molecule has 0 saturated carbocycles. The van der Waals surface area contributed by atoms with Gasteiger partial charge in [-0.3, -0.25) is 9.59 Å². The first-order valence-corrected chi connectivity index (χ1v) is 46.4. The largest absolute Gasteiger partial charge is 0.496 e. The maximum absolute atomic E-state index is 11.9. The van der Waals surface area contributed by atoms with Crippen LogP contribution in [0.5, 0.6) is 23.0 Å². The SMILES string of the molecule is COc1cc2c(cc1-c1c(C)noc1C)[nH]c1nc(C)nc(-c3ccc(C4CCNCC4)c4ccccc34)c12.COc1cc2c(cc1-c1c(C)noc1C)[nH]c1nc(C)nc(-c3cccc(N(C)C(C)=O)c3)c12.COc1cc2c(cc1-c1c(C)noc1C)[nH]c1nc(C)nc(-c3ccnc(N(C)C(C)=O)c3)c12.COc1cc2c(cc1-c1c(C)noc1C)[nH]c1nc(C)nc(-c3ccnc4c3CCCN4)c12. The number of methoxy groups -OCH3 is 4. The fourth-order valence-corrected chi connectivity index (χ4v) is 20.0. The molecule has 2 aliphatic heterocycles. The summed E-state index contributed by atoms with van der Waals surface area (Å²) in [7, 11) is 10.1. The molecule has 32 heteroatoms. The average molecular weight is 1870 g/mol. The van der Waals surface area contributed by atoms with Crippen LogP contribution in [-0.2, 0) is 16.0 Å². The summed E-state index contributed by atoms with van der Waals surface area (Å²) in [5.74, 6) is 10.5. The Bertz CT molecular complexity index is 8240. The van der Waals surface area contributed by atoms with Crippen LogP contribution in [0.15, 0.2) is 158 Å². The highest BCUT2D eigenvalue weighted by Crippen LogP contribution is 2.50. The number of aryl methyl sites for hydroxylation is 12. The summed E-state index contributed by atoms with van der Waals surface area (Å²) >= 11 is 0. The number of ether oxygens (including phenoxy) is 4. The predicted octanol–water partition coefficient (Wildman–Crippen LogP) is 22.2. The van der Waals surface area contributed by atoms with Crippen molar-refractivity contribution in [2.45, 2.75) is 129 Å². The van der Waals surface area contributed by atoms with Gasteiger partial charge in [0.15, 0.2) is 0 Å². The number of hydrogen-bond donors (Lipinski definition) is 6. The first-order valence-electron chi connectivity index (χ1n) is 46.4. The summed E-state index contributed by atoms with van der Waals surface area (Å²) < 4.78 is 44.9. The third kappa shape index (κ3) is 16.3. The third-order valence-corrected chi connectivity index (χ3v) is 26.8. The van der Waals surface area contributed by atoms with Gasteiger partial charge in [-0.15, -0.1) is 0 Å². The lowest BCUT2D eigenvalue weighted by molar-refractivity contribution is -0.117. The smallest absolute Gasteiger partial charge is 0.224 e. The lowest BCUT2D eigenvalue weighted by Crippen LogP contribution is -2.26. The number of aromatic nitrogens is 18. The molecular formula is C108H104N22O10. The summed E-state index contributed by atoms with van der Waals surface area (Å²) in [6, 6.07) is 43.3. The fraction of sp³-hybridized carbons (Fsp3) is 0.259. The highest BCUT2D eigenvalue weighted by molar-refractivity contribution is 6.19. The van der Waals surface area contributed by atoms with Crippen LogP contribution < -0.4 is 39.4 Å². The Morgan fingerprint density at radius 3 is 1.18 bits per heavy atom. The number of anilines is 3. The molecule has 0 spiro atoms. The molecule has 6 N–H and O–H groups in total. The van der Waals surface area contributed by atoms with Gasteiger partial charge in [0.25, 0.3) is 0 Å². The minimum Gasteiger partial charge on any atom is -0.496 e. The fourth-order valence-electron chi connectivity index (χ4n) is 20.0. The Morgan fingerprint density at radius 1 is 0.379 bits per heavy atom. The minimum atomic E-state index is -0.0997. The van der Waals surface area contributed by atoms with E-state index in [1.165, 1.54) is 33.7 Å². The van der Waals surface area contributed by atoms with Gasteiger partial charge in [-0.1, -0.05) is 69.2 Å². The number of rotatable bonds is 15. The van der Waals surface area contributed by atoms with Crippen molar-refractivity contribution in [1.82, 2.24) is 95.7 Å². The van der Waals surface area contributed by atoms with E-state index >= 15 is 0 Å². The molecule has 2 amide bonds. The van der Waals surface area contributed by atoms with Crippen molar-refractivity contribution in [3.63, 3.8) is 0 Å². The van der Waals surface area contributed by atoms with E-state index in [0.717, 1.165) is 297 Å². The van der Waals surface area contributed by atoms with Gasteiger partial charge in [-0.05, 0) is 223 Å². The van der Waals surface area contributed by atoms with Gasteiger partial charge in [-0.2, -0.15) is 0 Å². The lowest BCUT2D eigenvalue weighted by Gasteiger charge is -2.25. The number of benzene rings is 7. The van der Waals surface area contributed by atoms with Gasteiger partial charge in [0.05, 0.1) is 118 Å². The Labute approximate surface area is 803 Å². The second-order valence-corrected chi connectivity index (χ2v) is 35.7. The van der Waals surface area contributed by atoms with Crippen LogP contribution in [0.3, 0.4) is 0 Å². The number of nitrogens with zero attached hydrogens (tertiary/aromatic N) is 16. The van der Waals surface area contributed by atoms with Crippen LogP contribution in [0.2, 0.25) is 0 Å². The molecule has 140 heavy (non-hydrogen) atoms. The first kappa shape index (κ1) is 91.1. The third-order valence-electron chi connectivity index (χ3n) is 26.8. The molecule has 0 unspecified atom stereocenters. The number of carbonyl (C=O) groups excluding carboxylic acids is 2. The van der Waals surface area contributed by atoms with E-state index in [1.807, 2.05) is 150 Å². The maximum atomic E-state index is 11.9. The van der Waals surface area contributed by atoms with Crippen LogP contribution in [-0.4, -0.2) is 164 Å². The van der Waals surface area contributed by atoms with E-state index in [2.05, 4.69) is 138 Å². The Balaban J connectivity index is 0.000000115. The van der Waals surface area contributed by atoms with Gasteiger partial charge >= 0.3 is 0 Å². The van der Waals surface area contributed by atoms with Gasteiger partial charge < -0.3 is 77.4 Å². The van der Waals surface area contributed by atoms with Crippen LogP contribution >= 0.6 is 0 Å². The van der Waals surface area contributed by atoms with Crippen LogP contribution in [0, 0.1) is 83.1 Å². The number of H-pyrrole nitrogens is 4. The molecule has 14 aromatic heterocycles. The molecular weight excluding hydrogens is 1770 g/mol. The number of piperidine rings is 1. The molecule has 706 valence electrons. The van der Waals surface area contributed by atoms with Crippen molar-refractivity contribution in [1.29, 1.82) is 0 Å². The maximum Gasteiger partial charge on any atom is 0.224 e. The molecule has 16 heterocycles. The lowest BCUT2D eigenvalue weighted by atomic mass is 9.85. The van der Waals surface area contributed by atoms with Crippen molar-refractivity contribution in [2.24, 2.45) is 0 Å². The number of amides is 2. The van der Waals surface area contributed by atoms with Crippen molar-refractivity contribution in [2.75, 3.05) is 77.3 Å². The van der Waals surface area contributed by atoms with Gasteiger partial charge in [0, 0.05) is 146 Å². The van der Waals surface area contributed by atoms with E-state index < -0.39 is 0 Å². The first-order chi connectivity index (χ1) is 67.6. The quantitative estimate of drug-likeness (QED) is 0.0555. The zero-order valence-corrected chi connectivity index (χ0v) is 81.5. The van der Waals surface area contributed by atoms with Crippen LogP contribution in [0.1, 0.15) is 119 Å². The van der Waals surface area contributed by atoms with E-state index in [1.54, 1.807) is 60.6 Å². The van der Waals surface area contributed by atoms with Crippen LogP contribution in [0.4, 0.5) is 17.3 Å². The summed E-state index contributed by atoms with van der Waals surface area (Å²) in [4.78, 5) is 88.1. The van der Waals surface area contributed by atoms with E-state index in [0.29, 0.717) is 40.5 Å². The van der Waals surface area contributed by atoms with Crippen LogP contribution in [0.25, 0.3) is 188 Å². The van der Waals surface area contributed by atoms with E-state index in [-0.39, 0.29) is 11.8 Å². The zero-order chi connectivity index (χ0) is 97.7. The number of carbonyl (C=O) groups is 2. The topological polar surface area (TPSA) is 398 Å². The van der Waals surface area contributed by atoms with E-state index in [9.17, 15) is 9.59 Å². The van der Waals surface area contributed by atoms with Gasteiger partial charge in [0.1, 0.15) is 104 Å². The standard InChI is InChI=1S/C32H31N5O2.C26H25N5O3.C25H24N6O3.C25H24N6O2/c1-17-29(18(2)39-37-17)26-15-27-25(16-28(26)38-4)30-31(34-19(3)35-32(30)36-27)24-10-9-21(20-11-13-33-14-12-20)22-7-5-6-8-23(22)24;1-13-23(14(2)34-30-13)20-11-21-19(12-22(20)33-6)24-25(27-15(3)28-26(24)29-21)17-8-7-9-18(10-17)31(5)16(4)32;1-12-22(13(2)34-30-12)18-10-19-17(11-20(18)33-6)23-24(27-14(3)28-25(23)29-19)16-7-8-26-21(9-16)31(5)15(4)32;1-12-21(13(2)33-31-12)18-10-19-17(11-20(18)32-4)22-23(28-14(3)29-25(22)30-19)15-7-9-27-24-16(15)6-5-8-26-24/h5-10,15-16,20,33H,11-14H2,1-4H3,(H,34,35,36);7-12H,1-6H3,(H,27,28,29);7-11H,1-6H3,(H,27,28,29);7,9-11H,5-6,8H2,1-4H3,(H,26,27)(H,28,29,30). The van der Waals surface area contributed by atoms with Gasteiger partial charge in [-0.25, -0.2) is 49.8 Å². The minimum absolute atomic E-state index is 0.0372. The van der Waals surface area contributed by atoms with Crippen molar-refractivity contribution in [3.05, 3.63) is 220 Å². The van der Waals surface area contributed by atoms with Crippen molar-refractivity contribution >= 4 is 128 Å². The second kappa shape index (κ2) is 36.8. The molecule has 7 aromatic carbocycles. The molecule has 21 aromatic rings. The number of hydrogen-bond acceptors (Lipinski definition) is 26. The molecule has 2 aliphatic rings. The zero-order valence-electron chi connectivity index (χ0n) is 81.5. The molecule has 1 fully saturated rings. The molecule has 0 radical (unpaired) electrons. The molecule has 0 bridgehead atoms. The Hall–Kier alpha value is -16.6. The number of pyridine rings is 2. The Kier molecular flexibility index (Phi) is 23.9. The summed E-state index contributed by atoms with van der Waals surface area (Å²) in [6.45, 7) is 29.1. The summed E-state index contributed by atoms with van der Waals surface area (Å²) in [5.41, 5.74) is 28.2. The second-order valence-electron chi connectivity index (χ2n) is 35.7. The normalized spacial score (nSPS) is 12.7.